The van der Waals surface area contributed by atoms with Gasteiger partial charge < -0.3 is 19.8 Å². The van der Waals surface area contributed by atoms with Gasteiger partial charge in [0.05, 0.1) is 19.0 Å². The van der Waals surface area contributed by atoms with Gasteiger partial charge in [-0.05, 0) is 19.1 Å². The number of aryl methyl sites for hydroxylation is 1. The van der Waals surface area contributed by atoms with Crippen LogP contribution in [0.5, 0.6) is 0 Å². The molecule has 0 saturated carbocycles. The zero-order valence-electron chi connectivity index (χ0n) is 10.7. The van der Waals surface area contributed by atoms with Crippen LogP contribution in [0.25, 0.3) is 0 Å². The summed E-state index contributed by atoms with van der Waals surface area (Å²) in [4.78, 5) is 13.9. The van der Waals surface area contributed by atoms with Crippen molar-refractivity contribution < 1.29 is 13.9 Å². The van der Waals surface area contributed by atoms with Crippen LogP contribution < -0.4 is 5.73 Å². The van der Waals surface area contributed by atoms with Gasteiger partial charge in [-0.2, -0.15) is 0 Å². The summed E-state index contributed by atoms with van der Waals surface area (Å²) in [5.74, 6) is 0.987. The molecule has 1 aliphatic heterocycles. The number of morpholine rings is 1. The van der Waals surface area contributed by atoms with E-state index in [0.29, 0.717) is 32.5 Å². The monoisotopic (exact) mass is 252 g/mol. The highest BCUT2D eigenvalue weighted by molar-refractivity contribution is 5.76. The van der Waals surface area contributed by atoms with Crippen molar-refractivity contribution >= 4 is 5.91 Å². The highest BCUT2D eigenvalue weighted by Gasteiger charge is 2.26. The second kappa shape index (κ2) is 6.02. The lowest BCUT2D eigenvalue weighted by molar-refractivity contribution is -0.139. The second-order valence-corrected chi connectivity index (χ2v) is 4.69. The Labute approximate surface area is 107 Å². The fraction of sp³-hybridized carbons (Fsp3) is 0.615. The van der Waals surface area contributed by atoms with Gasteiger partial charge in [-0.3, -0.25) is 4.79 Å². The van der Waals surface area contributed by atoms with Crippen LogP contribution in [0, 0.1) is 0 Å². The fourth-order valence-corrected chi connectivity index (χ4v) is 2.06. The molecule has 0 radical (unpaired) electrons. The minimum atomic E-state index is -0.0503. The third-order valence-corrected chi connectivity index (χ3v) is 3.20. The summed E-state index contributed by atoms with van der Waals surface area (Å²) >= 11 is 0. The molecule has 1 aromatic heterocycles. The molecule has 5 heteroatoms. The van der Waals surface area contributed by atoms with E-state index in [4.69, 9.17) is 14.9 Å². The molecule has 5 nitrogen and oxygen atoms in total. The third kappa shape index (κ3) is 3.34. The highest BCUT2D eigenvalue weighted by atomic mass is 16.5. The lowest BCUT2D eigenvalue weighted by atomic mass is 10.1. The Bertz CT molecular complexity index is 376. The second-order valence-electron chi connectivity index (χ2n) is 4.69. The molecule has 100 valence electrons. The Morgan fingerprint density at radius 1 is 1.67 bits per heavy atom. The molecule has 0 spiro atoms. The van der Waals surface area contributed by atoms with Gasteiger partial charge in [-0.15, -0.1) is 0 Å². The quantitative estimate of drug-likeness (QED) is 0.860. The third-order valence-electron chi connectivity index (χ3n) is 3.20. The molecule has 2 atom stereocenters. The van der Waals surface area contributed by atoms with E-state index in [0.717, 1.165) is 5.76 Å². The van der Waals surface area contributed by atoms with E-state index in [1.54, 1.807) is 6.26 Å². The standard InChI is InChI=1S/C13H20N2O3/c1-10(14)12-9-15(6-8-18-12)13(16)5-4-11-3-2-7-17-11/h2-3,7,10,12H,4-6,8-9,14H2,1H3. The van der Waals surface area contributed by atoms with E-state index in [2.05, 4.69) is 0 Å². The van der Waals surface area contributed by atoms with Crippen LogP contribution >= 0.6 is 0 Å². The zero-order chi connectivity index (χ0) is 13.0. The summed E-state index contributed by atoms with van der Waals surface area (Å²) in [5, 5.41) is 0. The maximum Gasteiger partial charge on any atom is 0.223 e. The van der Waals surface area contributed by atoms with Gasteiger partial charge >= 0.3 is 0 Å². The Hall–Kier alpha value is -1.33. The fourth-order valence-electron chi connectivity index (χ4n) is 2.06. The number of furan rings is 1. The Balaban J connectivity index is 1.81. The zero-order valence-corrected chi connectivity index (χ0v) is 10.7. The number of ether oxygens (including phenoxy) is 1. The smallest absolute Gasteiger partial charge is 0.223 e. The molecule has 2 heterocycles. The van der Waals surface area contributed by atoms with Gasteiger partial charge in [0, 0.05) is 32.0 Å². The molecule has 1 saturated heterocycles. The van der Waals surface area contributed by atoms with Gasteiger partial charge in [-0.25, -0.2) is 0 Å². The number of hydrogen-bond acceptors (Lipinski definition) is 4. The van der Waals surface area contributed by atoms with Crippen molar-refractivity contribution in [1.82, 2.24) is 4.90 Å². The molecule has 1 aliphatic rings. The molecule has 2 N–H and O–H groups in total. The van der Waals surface area contributed by atoms with Crippen LogP contribution in [0.4, 0.5) is 0 Å². The van der Waals surface area contributed by atoms with Crippen molar-refractivity contribution in [3.05, 3.63) is 24.2 Å². The normalized spacial score (nSPS) is 21.9. The lowest BCUT2D eigenvalue weighted by Crippen LogP contribution is -2.51. The Morgan fingerprint density at radius 2 is 2.50 bits per heavy atom. The minimum Gasteiger partial charge on any atom is -0.469 e. The average molecular weight is 252 g/mol. The van der Waals surface area contributed by atoms with Crippen LogP contribution in [0.2, 0.25) is 0 Å². The summed E-state index contributed by atoms with van der Waals surface area (Å²) in [6, 6.07) is 3.67. The van der Waals surface area contributed by atoms with E-state index in [1.165, 1.54) is 0 Å². The molecule has 18 heavy (non-hydrogen) atoms. The minimum absolute atomic E-state index is 0.0497. The first kappa shape index (κ1) is 13.1. The number of nitrogens with zero attached hydrogens (tertiary/aromatic N) is 1. The predicted molar refractivity (Wildman–Crippen MR) is 67.0 cm³/mol. The van der Waals surface area contributed by atoms with Crippen molar-refractivity contribution in [1.29, 1.82) is 0 Å². The molecule has 2 unspecified atom stereocenters. The highest BCUT2D eigenvalue weighted by Crippen LogP contribution is 2.11. The number of hydrogen-bond donors (Lipinski definition) is 1. The molecule has 0 bridgehead atoms. The summed E-state index contributed by atoms with van der Waals surface area (Å²) in [7, 11) is 0. The Kier molecular flexibility index (Phi) is 4.38. The number of carbonyl (C=O) groups is 1. The summed E-state index contributed by atoms with van der Waals surface area (Å²) in [6.45, 7) is 3.72. The lowest BCUT2D eigenvalue weighted by Gasteiger charge is -2.34. The number of carbonyl (C=O) groups excluding carboxylic acids is 1. The molecular formula is C13H20N2O3. The Morgan fingerprint density at radius 3 is 3.17 bits per heavy atom. The van der Waals surface area contributed by atoms with E-state index >= 15 is 0 Å². The van der Waals surface area contributed by atoms with Crippen LogP contribution in [0.3, 0.4) is 0 Å². The summed E-state index contributed by atoms with van der Waals surface area (Å²) in [6.07, 6.45) is 2.69. The predicted octanol–water partition coefficient (Wildman–Crippen LogP) is 0.787. The molecular weight excluding hydrogens is 232 g/mol. The maximum absolute atomic E-state index is 12.0. The van der Waals surface area contributed by atoms with Crippen molar-refractivity contribution in [3.8, 4) is 0 Å². The van der Waals surface area contributed by atoms with Crippen molar-refractivity contribution in [2.24, 2.45) is 5.73 Å². The van der Waals surface area contributed by atoms with Crippen molar-refractivity contribution in [2.75, 3.05) is 19.7 Å². The van der Waals surface area contributed by atoms with Crippen molar-refractivity contribution in [2.45, 2.75) is 31.9 Å². The molecule has 0 aliphatic carbocycles. The van der Waals surface area contributed by atoms with Crippen LogP contribution in [-0.4, -0.2) is 42.6 Å². The number of amides is 1. The van der Waals surface area contributed by atoms with Crippen molar-refractivity contribution in [3.63, 3.8) is 0 Å². The molecule has 2 rings (SSSR count). The number of rotatable bonds is 4. The first-order chi connectivity index (χ1) is 8.66. The van der Waals surface area contributed by atoms with Gasteiger partial charge in [-0.1, -0.05) is 0 Å². The number of nitrogens with two attached hydrogens (primary N) is 1. The SMILES string of the molecule is CC(N)C1CN(C(=O)CCc2ccco2)CCO1. The van der Waals surface area contributed by atoms with Gasteiger partial charge in [0.15, 0.2) is 0 Å². The van der Waals surface area contributed by atoms with E-state index in [9.17, 15) is 4.79 Å². The van der Waals surface area contributed by atoms with Crippen LogP contribution in [0.1, 0.15) is 19.1 Å². The van der Waals surface area contributed by atoms with Gasteiger partial charge in [0.25, 0.3) is 0 Å². The maximum atomic E-state index is 12.0. The van der Waals surface area contributed by atoms with Gasteiger partial charge in [0.2, 0.25) is 5.91 Å². The molecule has 1 fully saturated rings. The molecule has 1 amide bonds. The molecule has 0 aromatic carbocycles. The average Bonchev–Trinajstić information content (AvgIpc) is 2.89. The first-order valence-electron chi connectivity index (χ1n) is 6.34. The van der Waals surface area contributed by atoms with E-state index in [-0.39, 0.29) is 18.1 Å². The summed E-state index contributed by atoms with van der Waals surface area (Å²) in [5.41, 5.74) is 5.80. The first-order valence-corrected chi connectivity index (χ1v) is 6.34. The molecule has 1 aromatic rings. The van der Waals surface area contributed by atoms with Crippen LogP contribution in [-0.2, 0) is 16.0 Å². The topological polar surface area (TPSA) is 68.7 Å². The largest absolute Gasteiger partial charge is 0.469 e. The van der Waals surface area contributed by atoms with Crippen LogP contribution in [0.15, 0.2) is 22.8 Å². The van der Waals surface area contributed by atoms with E-state index in [1.807, 2.05) is 24.0 Å². The van der Waals surface area contributed by atoms with Gasteiger partial charge in [0.1, 0.15) is 5.76 Å². The summed E-state index contributed by atoms with van der Waals surface area (Å²) < 4.78 is 10.7. The van der Waals surface area contributed by atoms with E-state index < -0.39 is 0 Å².